The third-order valence-corrected chi connectivity index (χ3v) is 2.94. The van der Waals surface area contributed by atoms with E-state index in [1.54, 1.807) is 24.3 Å². The third-order valence-electron chi connectivity index (χ3n) is 2.34. The largest absolute Gasteiger partial charge is 0.473 e. The summed E-state index contributed by atoms with van der Waals surface area (Å²) in [4.78, 5) is 4.09. The van der Waals surface area contributed by atoms with Crippen LogP contribution in [0.4, 0.5) is 0 Å². The van der Waals surface area contributed by atoms with Crippen LogP contribution in [0.25, 0.3) is 0 Å². The number of nitrogens with zero attached hydrogens (tertiary/aromatic N) is 1. The quantitative estimate of drug-likeness (QED) is 0.934. The van der Waals surface area contributed by atoms with Crippen LogP contribution in [0, 0.1) is 0 Å². The molecular weight excluding hydrogens is 273 g/mol. The van der Waals surface area contributed by atoms with Crippen molar-refractivity contribution in [1.29, 1.82) is 0 Å². The lowest BCUT2D eigenvalue weighted by Crippen LogP contribution is -1.99. The average Bonchev–Trinajstić information content (AvgIpc) is 2.39. The lowest BCUT2D eigenvalue weighted by molar-refractivity contribution is 0.266. The zero-order valence-corrected chi connectivity index (χ0v) is 10.9. The Kier molecular flexibility index (Phi) is 4.42. The van der Waals surface area contributed by atoms with Gasteiger partial charge in [-0.3, -0.25) is 0 Å². The molecule has 0 atom stereocenters. The van der Waals surface area contributed by atoms with Gasteiger partial charge >= 0.3 is 0 Å². The van der Waals surface area contributed by atoms with E-state index in [1.165, 1.54) is 0 Å². The van der Waals surface area contributed by atoms with Gasteiger partial charge in [0, 0.05) is 11.1 Å². The van der Waals surface area contributed by atoms with Crippen LogP contribution in [0.1, 0.15) is 11.3 Å². The molecule has 0 aliphatic carbocycles. The first-order valence-corrected chi connectivity index (χ1v) is 6.08. The molecule has 0 unspecified atom stereocenters. The highest BCUT2D eigenvalue weighted by atomic mass is 35.5. The number of halogens is 2. The number of pyridine rings is 1. The van der Waals surface area contributed by atoms with Gasteiger partial charge in [-0.25, -0.2) is 4.98 Å². The lowest BCUT2D eigenvalue weighted by atomic mass is 10.2. The number of rotatable bonds is 4. The Hall–Kier alpha value is -1.29. The first kappa shape index (κ1) is 13.1. The average molecular weight is 284 g/mol. The third kappa shape index (κ3) is 3.35. The molecule has 0 saturated heterocycles. The Labute approximate surface area is 115 Å². The van der Waals surface area contributed by atoms with E-state index in [4.69, 9.17) is 33.0 Å². The second-order valence-electron chi connectivity index (χ2n) is 3.65. The molecule has 0 amide bonds. The van der Waals surface area contributed by atoms with Gasteiger partial charge in [0.15, 0.2) is 0 Å². The van der Waals surface area contributed by atoms with E-state index in [1.807, 2.05) is 12.1 Å². The lowest BCUT2D eigenvalue weighted by Gasteiger charge is -2.07. The van der Waals surface area contributed by atoms with E-state index >= 15 is 0 Å². The molecule has 5 heteroatoms. The van der Waals surface area contributed by atoms with Crippen LogP contribution in [0.15, 0.2) is 36.4 Å². The van der Waals surface area contributed by atoms with Crippen LogP contribution in [0.2, 0.25) is 10.0 Å². The Bertz CT molecular complexity index is 529. The van der Waals surface area contributed by atoms with Crippen LogP contribution in [-0.2, 0) is 13.2 Å². The van der Waals surface area contributed by atoms with E-state index in [2.05, 4.69) is 4.98 Å². The number of benzene rings is 1. The summed E-state index contributed by atoms with van der Waals surface area (Å²) < 4.78 is 5.51. The molecule has 0 bridgehead atoms. The maximum atomic E-state index is 9.04. The summed E-state index contributed by atoms with van der Waals surface area (Å²) in [5.41, 5.74) is 1.40. The van der Waals surface area contributed by atoms with Gasteiger partial charge < -0.3 is 9.84 Å². The first-order chi connectivity index (χ1) is 8.69. The number of ether oxygens (including phenoxy) is 1. The van der Waals surface area contributed by atoms with Gasteiger partial charge in [0.1, 0.15) is 6.61 Å². The summed E-state index contributed by atoms with van der Waals surface area (Å²) in [6.07, 6.45) is 0. The molecule has 0 spiro atoms. The van der Waals surface area contributed by atoms with Crippen LogP contribution < -0.4 is 4.74 Å². The van der Waals surface area contributed by atoms with E-state index < -0.39 is 0 Å². The van der Waals surface area contributed by atoms with Gasteiger partial charge in [-0.1, -0.05) is 35.3 Å². The van der Waals surface area contributed by atoms with E-state index in [9.17, 15) is 0 Å². The van der Waals surface area contributed by atoms with Crippen molar-refractivity contribution in [2.24, 2.45) is 0 Å². The van der Waals surface area contributed by atoms with Crippen molar-refractivity contribution in [3.8, 4) is 5.88 Å². The Morgan fingerprint density at radius 3 is 2.44 bits per heavy atom. The predicted octanol–water partition coefficient (Wildman–Crippen LogP) is 3.46. The van der Waals surface area contributed by atoms with Gasteiger partial charge in [-0.2, -0.15) is 0 Å². The van der Waals surface area contributed by atoms with Crippen molar-refractivity contribution >= 4 is 23.2 Å². The van der Waals surface area contributed by atoms with E-state index in [0.717, 1.165) is 5.56 Å². The van der Waals surface area contributed by atoms with E-state index in [-0.39, 0.29) is 6.61 Å². The molecule has 94 valence electrons. The van der Waals surface area contributed by atoms with E-state index in [0.29, 0.717) is 28.2 Å². The monoisotopic (exact) mass is 283 g/mol. The molecule has 1 N–H and O–H groups in total. The van der Waals surface area contributed by atoms with Crippen molar-refractivity contribution in [3.05, 3.63) is 57.7 Å². The summed E-state index contributed by atoms with van der Waals surface area (Å²) in [6, 6.07) is 10.7. The van der Waals surface area contributed by atoms with Crippen LogP contribution >= 0.6 is 23.2 Å². The smallest absolute Gasteiger partial charge is 0.213 e. The fourth-order valence-electron chi connectivity index (χ4n) is 1.39. The molecule has 0 fully saturated rings. The summed E-state index contributed by atoms with van der Waals surface area (Å²) in [5.74, 6) is 0.429. The van der Waals surface area contributed by atoms with Crippen LogP contribution in [-0.4, -0.2) is 10.1 Å². The maximum Gasteiger partial charge on any atom is 0.213 e. The predicted molar refractivity (Wildman–Crippen MR) is 71.0 cm³/mol. The van der Waals surface area contributed by atoms with Crippen LogP contribution in [0.3, 0.4) is 0 Å². The second-order valence-corrected chi connectivity index (χ2v) is 4.49. The van der Waals surface area contributed by atoms with Crippen LogP contribution in [0.5, 0.6) is 5.88 Å². The second kappa shape index (κ2) is 6.05. The van der Waals surface area contributed by atoms with Crippen molar-refractivity contribution < 1.29 is 9.84 Å². The molecule has 0 aliphatic heterocycles. The number of aliphatic hydroxyl groups is 1. The normalized spacial score (nSPS) is 10.4. The topological polar surface area (TPSA) is 42.4 Å². The Morgan fingerprint density at radius 1 is 1.06 bits per heavy atom. The zero-order chi connectivity index (χ0) is 13.0. The van der Waals surface area contributed by atoms with Gasteiger partial charge in [0.2, 0.25) is 5.88 Å². The molecule has 2 rings (SSSR count). The highest BCUT2D eigenvalue weighted by Crippen LogP contribution is 2.19. The number of aromatic nitrogens is 1. The molecule has 1 heterocycles. The minimum atomic E-state index is -0.211. The number of hydrogen-bond acceptors (Lipinski definition) is 3. The van der Waals surface area contributed by atoms with Crippen molar-refractivity contribution in [3.63, 3.8) is 0 Å². The molecule has 3 nitrogen and oxygen atoms in total. The molecule has 0 radical (unpaired) electrons. The fourth-order valence-corrected chi connectivity index (χ4v) is 1.68. The van der Waals surface area contributed by atoms with Crippen molar-refractivity contribution in [2.45, 2.75) is 13.2 Å². The molecule has 0 aliphatic rings. The fraction of sp³-hybridized carbons (Fsp3) is 0.154. The standard InChI is InChI=1S/C13H11Cl2NO2/c14-10-3-1-9(2-4-10)8-18-13-6-5-11(15)12(7-17)16-13/h1-6,17H,7-8H2. The molecule has 2 aromatic rings. The molecule has 1 aromatic heterocycles. The maximum absolute atomic E-state index is 9.04. The van der Waals surface area contributed by atoms with Gasteiger partial charge in [-0.05, 0) is 23.8 Å². The molecule has 1 aromatic carbocycles. The van der Waals surface area contributed by atoms with Gasteiger partial charge in [0.05, 0.1) is 17.3 Å². The highest BCUT2D eigenvalue weighted by Gasteiger charge is 2.04. The minimum Gasteiger partial charge on any atom is -0.473 e. The Balaban J connectivity index is 2.04. The highest BCUT2D eigenvalue weighted by molar-refractivity contribution is 6.31. The van der Waals surface area contributed by atoms with Crippen molar-refractivity contribution in [2.75, 3.05) is 0 Å². The number of hydrogen-bond donors (Lipinski definition) is 1. The summed E-state index contributed by atoms with van der Waals surface area (Å²) >= 11 is 11.6. The number of aliphatic hydroxyl groups excluding tert-OH is 1. The summed E-state index contributed by atoms with van der Waals surface area (Å²) in [6.45, 7) is 0.174. The van der Waals surface area contributed by atoms with Gasteiger partial charge in [-0.15, -0.1) is 0 Å². The van der Waals surface area contributed by atoms with Crippen molar-refractivity contribution in [1.82, 2.24) is 4.98 Å². The SMILES string of the molecule is OCc1nc(OCc2ccc(Cl)cc2)ccc1Cl. The molecule has 18 heavy (non-hydrogen) atoms. The van der Waals surface area contributed by atoms with Gasteiger partial charge in [0.25, 0.3) is 0 Å². The minimum absolute atomic E-state index is 0.211. The Morgan fingerprint density at radius 2 is 1.78 bits per heavy atom. The molecule has 0 saturated carbocycles. The first-order valence-electron chi connectivity index (χ1n) is 5.32. The zero-order valence-electron chi connectivity index (χ0n) is 9.44. The summed E-state index contributed by atoms with van der Waals surface area (Å²) in [5, 5.41) is 10.2. The summed E-state index contributed by atoms with van der Waals surface area (Å²) in [7, 11) is 0. The molecular formula is C13H11Cl2NO2.